The number of carbonyl (C=O) groups excluding carboxylic acids is 1. The molecule has 28 heavy (non-hydrogen) atoms. The zero-order valence-corrected chi connectivity index (χ0v) is 16.3. The molecule has 0 radical (unpaired) electrons. The summed E-state index contributed by atoms with van der Waals surface area (Å²) in [4.78, 5) is 19.3. The maximum Gasteiger partial charge on any atom is 0.254 e. The predicted octanol–water partition coefficient (Wildman–Crippen LogP) is 3.05. The van der Waals surface area contributed by atoms with Crippen LogP contribution in [0.5, 0.6) is 0 Å². The summed E-state index contributed by atoms with van der Waals surface area (Å²) < 4.78 is 0. The zero-order valence-electron chi connectivity index (χ0n) is 16.3. The summed E-state index contributed by atoms with van der Waals surface area (Å²) in [6.45, 7) is 4.18. The first-order chi connectivity index (χ1) is 13.5. The van der Waals surface area contributed by atoms with Gasteiger partial charge in [0.15, 0.2) is 0 Å². The fourth-order valence-electron chi connectivity index (χ4n) is 3.58. The summed E-state index contributed by atoms with van der Waals surface area (Å²) in [5, 5.41) is 22.7. The van der Waals surface area contributed by atoms with Crippen LogP contribution in [-0.2, 0) is 4.84 Å². The van der Waals surface area contributed by atoms with Crippen LogP contribution in [0.3, 0.4) is 0 Å². The molecule has 1 amide bonds. The van der Waals surface area contributed by atoms with Crippen molar-refractivity contribution in [3.05, 3.63) is 58.7 Å². The van der Waals surface area contributed by atoms with Crippen LogP contribution in [0.4, 0.5) is 0 Å². The van der Waals surface area contributed by atoms with Crippen molar-refractivity contribution >= 4 is 11.6 Å². The monoisotopic (exact) mass is 377 g/mol. The van der Waals surface area contributed by atoms with E-state index in [-0.39, 0.29) is 18.6 Å². The Morgan fingerprint density at radius 2 is 1.96 bits per heavy atom. The van der Waals surface area contributed by atoms with E-state index >= 15 is 0 Å². The highest BCUT2D eigenvalue weighted by atomic mass is 16.6. The molecule has 2 aromatic carbocycles. The highest BCUT2D eigenvalue weighted by Gasteiger charge is 2.33. The number of benzene rings is 2. The summed E-state index contributed by atoms with van der Waals surface area (Å²) in [5.74, 6) is -0.139. The molecule has 6 nitrogen and oxygen atoms in total. The maximum absolute atomic E-state index is 12.9. The van der Waals surface area contributed by atoms with Crippen LogP contribution in [0, 0.1) is 25.2 Å². The Balaban J connectivity index is 1.85. The summed E-state index contributed by atoms with van der Waals surface area (Å²) in [6, 6.07) is 13.1. The van der Waals surface area contributed by atoms with Gasteiger partial charge in [-0.15, -0.1) is 0 Å². The van der Waals surface area contributed by atoms with E-state index in [1.807, 2.05) is 38.1 Å². The van der Waals surface area contributed by atoms with Crippen molar-refractivity contribution in [2.24, 2.45) is 5.16 Å². The van der Waals surface area contributed by atoms with Crippen molar-refractivity contribution in [2.75, 3.05) is 20.3 Å². The second-order valence-corrected chi connectivity index (χ2v) is 6.91. The Morgan fingerprint density at radius 3 is 2.57 bits per heavy atom. The first kappa shape index (κ1) is 19.6. The molecule has 1 atom stereocenters. The number of likely N-dealkylation sites (tertiary alicyclic amines) is 1. The van der Waals surface area contributed by atoms with Crippen LogP contribution in [-0.4, -0.2) is 47.9 Å². The van der Waals surface area contributed by atoms with E-state index in [9.17, 15) is 15.2 Å². The number of amides is 1. The molecular weight excluding hydrogens is 354 g/mol. The molecule has 1 heterocycles. The number of nitriles is 1. The Hall–Kier alpha value is -3.17. The van der Waals surface area contributed by atoms with Gasteiger partial charge in [-0.05, 0) is 54.3 Å². The first-order valence-electron chi connectivity index (χ1n) is 9.11. The lowest BCUT2D eigenvalue weighted by atomic mass is 9.93. The molecule has 0 spiro atoms. The number of aliphatic hydroxyl groups is 1. The molecule has 1 fully saturated rings. The van der Waals surface area contributed by atoms with Crippen molar-refractivity contribution < 1.29 is 14.7 Å². The van der Waals surface area contributed by atoms with E-state index in [4.69, 9.17) is 4.84 Å². The highest BCUT2D eigenvalue weighted by Crippen LogP contribution is 2.28. The first-order valence-corrected chi connectivity index (χ1v) is 9.11. The Kier molecular flexibility index (Phi) is 5.76. The second-order valence-electron chi connectivity index (χ2n) is 6.91. The SMILES string of the molecule is CON=C1CC(CO)N(C(=O)c2ccc(-c3ccc(C#N)c(C)c3C)cc2)C1. The largest absolute Gasteiger partial charge is 0.399 e. The van der Waals surface area contributed by atoms with E-state index < -0.39 is 0 Å². The van der Waals surface area contributed by atoms with Gasteiger partial charge in [0.1, 0.15) is 7.11 Å². The molecule has 1 aliphatic rings. The normalized spacial score (nSPS) is 17.6. The molecule has 144 valence electrons. The van der Waals surface area contributed by atoms with Gasteiger partial charge in [0.2, 0.25) is 0 Å². The molecular formula is C22H23N3O3. The molecule has 1 unspecified atom stereocenters. The van der Waals surface area contributed by atoms with Gasteiger partial charge in [0.25, 0.3) is 5.91 Å². The van der Waals surface area contributed by atoms with Crippen molar-refractivity contribution in [3.63, 3.8) is 0 Å². The van der Waals surface area contributed by atoms with Crippen LogP contribution in [0.25, 0.3) is 11.1 Å². The molecule has 6 heteroatoms. The molecule has 2 aromatic rings. The van der Waals surface area contributed by atoms with E-state index in [0.717, 1.165) is 28.0 Å². The van der Waals surface area contributed by atoms with Crippen molar-refractivity contribution in [3.8, 4) is 17.2 Å². The number of nitrogens with zero attached hydrogens (tertiary/aromatic N) is 3. The minimum atomic E-state index is -0.288. The van der Waals surface area contributed by atoms with Crippen LogP contribution >= 0.6 is 0 Å². The van der Waals surface area contributed by atoms with E-state index in [1.54, 1.807) is 17.0 Å². The van der Waals surface area contributed by atoms with Crippen molar-refractivity contribution in [1.82, 2.24) is 4.90 Å². The Morgan fingerprint density at radius 1 is 1.25 bits per heavy atom. The number of rotatable bonds is 4. The Labute approximate surface area is 164 Å². The lowest BCUT2D eigenvalue weighted by Crippen LogP contribution is -2.37. The average Bonchev–Trinajstić information content (AvgIpc) is 3.13. The van der Waals surface area contributed by atoms with Gasteiger partial charge in [-0.3, -0.25) is 4.79 Å². The molecule has 3 rings (SSSR count). The molecule has 0 aromatic heterocycles. The van der Waals surface area contributed by atoms with Crippen LogP contribution in [0.1, 0.15) is 33.5 Å². The van der Waals surface area contributed by atoms with Gasteiger partial charge < -0.3 is 14.8 Å². The molecule has 0 aliphatic carbocycles. The average molecular weight is 377 g/mol. The molecule has 0 bridgehead atoms. The van der Waals surface area contributed by atoms with E-state index in [0.29, 0.717) is 24.1 Å². The van der Waals surface area contributed by atoms with Gasteiger partial charge >= 0.3 is 0 Å². The van der Waals surface area contributed by atoms with E-state index in [1.165, 1.54) is 7.11 Å². The van der Waals surface area contributed by atoms with Gasteiger partial charge in [0, 0.05) is 12.0 Å². The quantitative estimate of drug-likeness (QED) is 0.830. The number of hydrogen-bond acceptors (Lipinski definition) is 5. The van der Waals surface area contributed by atoms with Crippen LogP contribution in [0.15, 0.2) is 41.6 Å². The molecule has 1 N–H and O–H groups in total. The molecule has 1 saturated heterocycles. The third kappa shape index (κ3) is 3.62. The number of oxime groups is 1. The minimum Gasteiger partial charge on any atom is -0.399 e. The topological polar surface area (TPSA) is 85.9 Å². The van der Waals surface area contributed by atoms with Gasteiger partial charge in [-0.1, -0.05) is 23.4 Å². The lowest BCUT2D eigenvalue weighted by molar-refractivity contribution is 0.0680. The van der Waals surface area contributed by atoms with Crippen LogP contribution < -0.4 is 0 Å². The van der Waals surface area contributed by atoms with E-state index in [2.05, 4.69) is 11.2 Å². The van der Waals surface area contributed by atoms with Gasteiger partial charge in [-0.25, -0.2) is 0 Å². The summed E-state index contributed by atoms with van der Waals surface area (Å²) in [6.07, 6.45) is 0.512. The van der Waals surface area contributed by atoms with Crippen molar-refractivity contribution in [2.45, 2.75) is 26.3 Å². The number of aliphatic hydroxyl groups excluding tert-OH is 1. The lowest BCUT2D eigenvalue weighted by Gasteiger charge is -2.22. The molecule has 1 aliphatic heterocycles. The predicted molar refractivity (Wildman–Crippen MR) is 107 cm³/mol. The fourth-order valence-corrected chi connectivity index (χ4v) is 3.58. The summed E-state index contributed by atoms with van der Waals surface area (Å²) in [5.41, 5.74) is 6.03. The Bertz CT molecular complexity index is 958. The minimum absolute atomic E-state index is 0.115. The van der Waals surface area contributed by atoms with Gasteiger partial charge in [-0.2, -0.15) is 5.26 Å². The number of hydrogen-bond donors (Lipinski definition) is 1. The van der Waals surface area contributed by atoms with Crippen LogP contribution in [0.2, 0.25) is 0 Å². The third-order valence-corrected chi connectivity index (χ3v) is 5.31. The second kappa shape index (κ2) is 8.24. The highest BCUT2D eigenvalue weighted by molar-refractivity contribution is 6.00. The maximum atomic E-state index is 12.9. The zero-order chi connectivity index (χ0) is 20.3. The van der Waals surface area contributed by atoms with Gasteiger partial charge in [0.05, 0.1) is 36.5 Å². The number of carbonyl (C=O) groups is 1. The standard InChI is InChI=1S/C22H23N3O3/c1-14-15(2)21(9-8-18(14)11-23)16-4-6-17(7-5-16)22(27)25-12-19(24-28-3)10-20(25)13-26/h4-9,20,26H,10,12-13H2,1-3H3. The third-order valence-electron chi connectivity index (χ3n) is 5.31. The smallest absolute Gasteiger partial charge is 0.254 e. The summed E-state index contributed by atoms with van der Waals surface area (Å²) >= 11 is 0. The summed E-state index contributed by atoms with van der Waals surface area (Å²) in [7, 11) is 1.47. The molecule has 0 saturated carbocycles. The van der Waals surface area contributed by atoms with Crippen molar-refractivity contribution in [1.29, 1.82) is 5.26 Å². The fraction of sp³-hybridized carbons (Fsp3) is 0.318.